The Kier molecular flexibility index (Phi) is 12.3. The van der Waals surface area contributed by atoms with Crippen LogP contribution in [-0.4, -0.2) is 98.3 Å². The van der Waals surface area contributed by atoms with Crippen LogP contribution < -0.4 is 9.47 Å². The molecule has 8 nitrogen and oxygen atoms in total. The first kappa shape index (κ1) is 32.8. The lowest BCUT2D eigenvalue weighted by atomic mass is 9.83. The summed E-state index contributed by atoms with van der Waals surface area (Å²) in [5.41, 5.74) is 3.30. The minimum Gasteiger partial charge on any atom is -0.496 e. The van der Waals surface area contributed by atoms with Crippen molar-refractivity contribution in [2.45, 2.75) is 70.3 Å². The summed E-state index contributed by atoms with van der Waals surface area (Å²) in [4.78, 5) is 33.1. The van der Waals surface area contributed by atoms with Gasteiger partial charge in [-0.2, -0.15) is 0 Å². The van der Waals surface area contributed by atoms with E-state index in [1.165, 1.54) is 0 Å². The number of carbonyl (C=O) groups is 2. The molecule has 0 bridgehead atoms. The molecule has 0 saturated carbocycles. The number of amides is 1. The van der Waals surface area contributed by atoms with Crippen LogP contribution in [0.1, 0.15) is 68.1 Å². The summed E-state index contributed by atoms with van der Waals surface area (Å²) in [6.07, 6.45) is 7.17. The van der Waals surface area contributed by atoms with Crippen molar-refractivity contribution in [1.82, 2.24) is 14.7 Å². The zero-order chi connectivity index (χ0) is 30.8. The summed E-state index contributed by atoms with van der Waals surface area (Å²) in [6, 6.07) is 13.9. The molecule has 0 aromatic heterocycles. The average Bonchev–Trinajstić information content (AvgIpc) is 3.61. The summed E-state index contributed by atoms with van der Waals surface area (Å²) in [5.74, 6) is 0.307. The number of rotatable bonds is 17. The first-order valence-corrected chi connectivity index (χ1v) is 16.1. The molecule has 1 fully saturated rings. The predicted molar refractivity (Wildman–Crippen MR) is 170 cm³/mol. The number of fused-ring (bicyclic) bond motifs is 1. The molecule has 3 unspecified atom stereocenters. The molecule has 2 aliphatic heterocycles. The van der Waals surface area contributed by atoms with Crippen LogP contribution in [0.3, 0.4) is 0 Å². The van der Waals surface area contributed by atoms with Gasteiger partial charge in [-0.05, 0) is 88.0 Å². The number of carbonyl (C=O) groups excluding carboxylic acids is 1. The zero-order valence-corrected chi connectivity index (χ0v) is 26.6. The lowest BCUT2D eigenvalue weighted by Crippen LogP contribution is -2.44. The molecule has 2 aromatic carbocycles. The van der Waals surface area contributed by atoms with Gasteiger partial charge in [-0.1, -0.05) is 43.7 Å². The van der Waals surface area contributed by atoms with Gasteiger partial charge in [0, 0.05) is 38.0 Å². The molecule has 3 atom stereocenters. The highest BCUT2D eigenvalue weighted by Crippen LogP contribution is 2.41. The minimum absolute atomic E-state index is 0.111. The van der Waals surface area contributed by atoms with Crippen LogP contribution in [0.15, 0.2) is 42.5 Å². The number of hydrogen-bond donors (Lipinski definition) is 1. The molecule has 8 heteroatoms. The highest BCUT2D eigenvalue weighted by molar-refractivity contribution is 5.79. The number of aliphatic carboxylic acids is 1. The number of aryl methyl sites for hydroxylation is 1. The molecule has 4 rings (SSSR count). The molecule has 0 aliphatic carbocycles. The molecule has 236 valence electrons. The van der Waals surface area contributed by atoms with E-state index in [1.54, 1.807) is 7.11 Å². The van der Waals surface area contributed by atoms with Gasteiger partial charge in [0.1, 0.15) is 11.5 Å². The van der Waals surface area contributed by atoms with E-state index in [4.69, 9.17) is 9.47 Å². The topological polar surface area (TPSA) is 82.5 Å². The second kappa shape index (κ2) is 16.1. The minimum atomic E-state index is -0.787. The van der Waals surface area contributed by atoms with Crippen LogP contribution >= 0.6 is 0 Å². The second-order valence-electron chi connectivity index (χ2n) is 12.4. The van der Waals surface area contributed by atoms with Crippen molar-refractivity contribution in [3.63, 3.8) is 0 Å². The number of hydrogen-bond acceptors (Lipinski definition) is 6. The highest BCUT2D eigenvalue weighted by atomic mass is 16.5. The predicted octanol–water partition coefficient (Wildman–Crippen LogP) is 5.09. The summed E-state index contributed by atoms with van der Waals surface area (Å²) in [7, 11) is 5.83. The van der Waals surface area contributed by atoms with Crippen molar-refractivity contribution in [2.24, 2.45) is 5.92 Å². The van der Waals surface area contributed by atoms with Crippen molar-refractivity contribution < 1.29 is 24.2 Å². The number of ether oxygens (including phenoxy) is 2. The third kappa shape index (κ3) is 8.73. The third-order valence-corrected chi connectivity index (χ3v) is 9.07. The fraction of sp³-hybridized carbons (Fsp3) is 0.600. The first-order valence-electron chi connectivity index (χ1n) is 16.1. The van der Waals surface area contributed by atoms with Gasteiger partial charge >= 0.3 is 5.97 Å². The molecular formula is C35H51N3O5. The van der Waals surface area contributed by atoms with E-state index >= 15 is 0 Å². The van der Waals surface area contributed by atoms with Gasteiger partial charge in [0.2, 0.25) is 5.91 Å². The van der Waals surface area contributed by atoms with E-state index in [-0.39, 0.29) is 24.4 Å². The number of nitrogens with zero attached hydrogens (tertiary/aromatic N) is 3. The van der Waals surface area contributed by atoms with Gasteiger partial charge in [0.25, 0.3) is 0 Å². The monoisotopic (exact) mass is 593 g/mol. The second-order valence-corrected chi connectivity index (χ2v) is 12.4. The lowest BCUT2D eigenvalue weighted by molar-refractivity contribution is -0.143. The standard InChI is InChI=1S/C35H51N3O5/c1-5-6-20-37(21-10-9-19-36(2)3)33(39)25-38-24-29(27-16-17-32-28(23-27)18-22-43-32)34(35(40)41)30(38)14-11-13-26-12-7-8-15-31(26)42-4/h7-8,12,15-17,23,29-30,34H,5-6,9-11,13-14,18-22,24-25H2,1-4H3,(H,40,41). The van der Waals surface area contributed by atoms with Gasteiger partial charge in [-0.15, -0.1) is 0 Å². The Bertz CT molecular complexity index is 1200. The Morgan fingerprint density at radius 3 is 2.56 bits per heavy atom. The maximum atomic E-state index is 13.8. The molecule has 1 saturated heterocycles. The molecule has 2 aliphatic rings. The Balaban J connectivity index is 1.54. The van der Waals surface area contributed by atoms with Gasteiger partial charge in [0.05, 0.1) is 26.2 Å². The van der Waals surface area contributed by atoms with Gasteiger partial charge in [-0.3, -0.25) is 14.5 Å². The SMILES string of the molecule is CCCCN(CCCCN(C)C)C(=O)CN1CC(c2ccc3c(c2)CCO3)C(C(=O)O)C1CCCc1ccccc1OC. The van der Waals surface area contributed by atoms with Crippen LogP contribution in [0.4, 0.5) is 0 Å². The average molecular weight is 594 g/mol. The fourth-order valence-electron chi connectivity index (χ4n) is 6.75. The van der Waals surface area contributed by atoms with Gasteiger partial charge < -0.3 is 24.4 Å². The maximum Gasteiger partial charge on any atom is 0.308 e. The van der Waals surface area contributed by atoms with E-state index < -0.39 is 11.9 Å². The van der Waals surface area contributed by atoms with Crippen LogP contribution in [0, 0.1) is 5.92 Å². The Morgan fingerprint density at radius 2 is 1.81 bits per heavy atom. The number of benzene rings is 2. The van der Waals surface area contributed by atoms with Crippen molar-refractivity contribution in [1.29, 1.82) is 0 Å². The highest BCUT2D eigenvalue weighted by Gasteiger charge is 2.47. The molecule has 2 aromatic rings. The molecule has 2 heterocycles. The summed E-state index contributed by atoms with van der Waals surface area (Å²) in [6.45, 7) is 6.13. The fourth-order valence-corrected chi connectivity index (χ4v) is 6.75. The lowest BCUT2D eigenvalue weighted by Gasteiger charge is -2.30. The number of carboxylic acid groups (broad SMARTS) is 1. The van der Waals surface area contributed by atoms with Crippen LogP contribution in [-0.2, 0) is 22.4 Å². The first-order chi connectivity index (χ1) is 20.8. The zero-order valence-electron chi connectivity index (χ0n) is 26.6. The summed E-state index contributed by atoms with van der Waals surface area (Å²) in [5, 5.41) is 10.6. The smallest absolute Gasteiger partial charge is 0.308 e. The van der Waals surface area contributed by atoms with Crippen LogP contribution in [0.2, 0.25) is 0 Å². The molecule has 43 heavy (non-hydrogen) atoms. The molecule has 0 spiro atoms. The van der Waals surface area contributed by atoms with Crippen molar-refractivity contribution in [2.75, 3.05) is 60.5 Å². The van der Waals surface area contributed by atoms with E-state index in [2.05, 4.69) is 43.0 Å². The number of likely N-dealkylation sites (tertiary alicyclic amines) is 1. The quantitative estimate of drug-likeness (QED) is 0.256. The Labute approximate surface area is 257 Å². The van der Waals surface area contributed by atoms with Gasteiger partial charge in [0.15, 0.2) is 0 Å². The Morgan fingerprint density at radius 1 is 1.05 bits per heavy atom. The van der Waals surface area contributed by atoms with Gasteiger partial charge in [-0.25, -0.2) is 0 Å². The van der Waals surface area contributed by atoms with Crippen molar-refractivity contribution in [3.05, 3.63) is 59.2 Å². The van der Waals surface area contributed by atoms with Crippen molar-refractivity contribution >= 4 is 11.9 Å². The molecule has 1 amide bonds. The third-order valence-electron chi connectivity index (χ3n) is 9.07. The Hall–Kier alpha value is -3.10. The maximum absolute atomic E-state index is 13.8. The van der Waals surface area contributed by atoms with E-state index in [0.717, 1.165) is 92.8 Å². The van der Waals surface area contributed by atoms with E-state index in [1.807, 2.05) is 35.2 Å². The summed E-state index contributed by atoms with van der Waals surface area (Å²) >= 11 is 0. The normalized spacial score (nSPS) is 19.8. The molecule has 0 radical (unpaired) electrons. The van der Waals surface area contributed by atoms with Crippen LogP contribution in [0.25, 0.3) is 0 Å². The van der Waals surface area contributed by atoms with Crippen molar-refractivity contribution in [3.8, 4) is 11.5 Å². The number of methoxy groups -OCH3 is 1. The van der Waals surface area contributed by atoms with Crippen LogP contribution in [0.5, 0.6) is 11.5 Å². The summed E-state index contributed by atoms with van der Waals surface area (Å²) < 4.78 is 11.3. The van der Waals surface area contributed by atoms with E-state index in [9.17, 15) is 14.7 Å². The molecule has 1 N–H and O–H groups in total. The number of para-hydroxylation sites is 1. The number of carboxylic acids is 1. The largest absolute Gasteiger partial charge is 0.496 e. The number of unbranched alkanes of at least 4 members (excludes halogenated alkanes) is 2. The molecular weight excluding hydrogens is 542 g/mol. The van der Waals surface area contributed by atoms with E-state index in [0.29, 0.717) is 19.6 Å².